The summed E-state index contributed by atoms with van der Waals surface area (Å²) >= 11 is 0. The van der Waals surface area contributed by atoms with Crippen LogP contribution in [-0.4, -0.2) is 153 Å². The second-order valence-electron chi connectivity index (χ2n) is 18.9. The van der Waals surface area contributed by atoms with Crippen molar-refractivity contribution in [3.8, 4) is 0 Å². The number of carbonyl (C=O) groups is 4. The predicted octanol–water partition coefficient (Wildman–Crippen LogP) is 7.08. The van der Waals surface area contributed by atoms with Gasteiger partial charge < -0.3 is 45.2 Å². The Labute approximate surface area is 476 Å². The molecule has 6 aromatic rings. The fraction of sp³-hybridized carbons (Fsp3) is 0.344. The third-order valence-electron chi connectivity index (χ3n) is 14.0. The van der Waals surface area contributed by atoms with E-state index in [0.29, 0.717) is 61.9 Å². The molecule has 0 spiro atoms. The molecule has 4 N–H and O–H groups in total. The van der Waals surface area contributed by atoms with Crippen LogP contribution in [0.3, 0.4) is 0 Å². The molecule has 402 valence electrons. The van der Waals surface area contributed by atoms with Crippen LogP contribution in [0.1, 0.15) is 78.8 Å². The standard InChI is InChI=1S/C31H37N3O4.C30H35N3O4.Na.H2O/c1-24-13-14-27(23-29(24)30(35)37-2)32-31(36)34(18-17-33-19-21-38-22-20-33)16-15-28(25-9-5-3-6-10-25)26-11-7-4-8-12-26;1-23-12-13-26(22-28(23)29(34)35)31-30(36)33(17-16-32-18-20-37-21-19-32)15-14-27(24-8-4-2-5-9-24)25-10-6-3-7-11-25;;/h3-14,23,28H,15-22H2,1-2H3,(H,32,36);2-13,22,27H,14-21H2,1H3,(H,31,36)(H,34,35);;1H2/q;;+1;/p-1. The minimum Gasteiger partial charge on any atom is -0.870 e. The number of carbonyl (C=O) groups excluding carboxylic acids is 3. The first-order valence-corrected chi connectivity index (χ1v) is 26.0. The van der Waals surface area contributed by atoms with Crippen molar-refractivity contribution in [2.45, 2.75) is 38.5 Å². The van der Waals surface area contributed by atoms with Gasteiger partial charge in [0.1, 0.15) is 0 Å². The van der Waals surface area contributed by atoms with Crippen LogP contribution < -0.4 is 40.2 Å². The second-order valence-corrected chi connectivity index (χ2v) is 18.9. The SMILES string of the molecule is COC(=O)c1cc(NC(=O)N(CCC(c2ccccc2)c2ccccc2)CCN2CCOCC2)ccc1C.Cc1ccc(NC(=O)N(CCC(c2ccccc2)c2ccccc2)CCN2CCOCC2)cc1C(=O)O.[Na+].[OH-]. The molecule has 2 aliphatic heterocycles. The van der Waals surface area contributed by atoms with Gasteiger partial charge in [0.25, 0.3) is 0 Å². The molecule has 2 fully saturated rings. The molecule has 4 amide bonds. The molecular weight excluding hydrogens is 984 g/mol. The van der Waals surface area contributed by atoms with Crippen LogP contribution in [0, 0.1) is 13.8 Å². The summed E-state index contributed by atoms with van der Waals surface area (Å²) in [5.74, 6) is -1.11. The molecule has 16 heteroatoms. The molecule has 2 heterocycles. The molecule has 0 unspecified atom stereocenters. The van der Waals surface area contributed by atoms with Crippen molar-refractivity contribution in [1.82, 2.24) is 19.6 Å². The monoisotopic (exact) mass is 1060 g/mol. The summed E-state index contributed by atoms with van der Waals surface area (Å²) in [6.45, 7) is 13.7. The zero-order valence-corrected chi connectivity index (χ0v) is 47.0. The quantitative estimate of drug-likeness (QED) is 0.0525. The van der Waals surface area contributed by atoms with Gasteiger partial charge in [-0.2, -0.15) is 0 Å². The number of hydrogen-bond donors (Lipinski definition) is 3. The third kappa shape index (κ3) is 18.9. The number of anilines is 2. The zero-order valence-electron chi connectivity index (χ0n) is 45.0. The van der Waals surface area contributed by atoms with Crippen LogP contribution in [0.15, 0.2) is 158 Å². The number of amides is 4. The number of aromatic carboxylic acids is 1. The van der Waals surface area contributed by atoms with Crippen molar-refractivity contribution >= 4 is 35.4 Å². The molecule has 2 aliphatic rings. The zero-order chi connectivity index (χ0) is 52.8. The molecule has 15 nitrogen and oxygen atoms in total. The van der Waals surface area contributed by atoms with E-state index in [1.165, 1.54) is 35.4 Å². The number of benzene rings is 6. The van der Waals surface area contributed by atoms with E-state index in [0.717, 1.165) is 70.9 Å². The summed E-state index contributed by atoms with van der Waals surface area (Å²) in [5, 5.41) is 15.4. The van der Waals surface area contributed by atoms with Crippen molar-refractivity contribution in [2.75, 3.05) is 110 Å². The largest absolute Gasteiger partial charge is 1.00 e. The molecule has 0 aromatic heterocycles. The van der Waals surface area contributed by atoms with E-state index in [1.54, 1.807) is 25.1 Å². The molecule has 0 saturated carbocycles. The number of hydrogen-bond acceptors (Lipinski definition) is 10. The molecule has 6 aromatic carbocycles. The Kier molecular flexibility index (Phi) is 25.8. The van der Waals surface area contributed by atoms with Gasteiger partial charge in [0.15, 0.2) is 0 Å². The molecular formula is C61H73N6NaO9. The average Bonchev–Trinajstić information content (AvgIpc) is 3.45. The number of morpholine rings is 2. The van der Waals surface area contributed by atoms with Crippen LogP contribution in [0.5, 0.6) is 0 Å². The van der Waals surface area contributed by atoms with Crippen LogP contribution >= 0.6 is 0 Å². The number of urea groups is 2. The molecule has 0 radical (unpaired) electrons. The summed E-state index contributed by atoms with van der Waals surface area (Å²) in [4.78, 5) is 59.1. The van der Waals surface area contributed by atoms with E-state index in [2.05, 4.69) is 93.2 Å². The van der Waals surface area contributed by atoms with Crippen LogP contribution in [0.2, 0.25) is 0 Å². The molecule has 8 rings (SSSR count). The smallest absolute Gasteiger partial charge is 0.870 e. The van der Waals surface area contributed by atoms with E-state index in [-0.39, 0.29) is 64.5 Å². The first-order valence-electron chi connectivity index (χ1n) is 26.0. The van der Waals surface area contributed by atoms with Gasteiger partial charge >= 0.3 is 53.6 Å². The minimum absolute atomic E-state index is 0. The normalized spacial score (nSPS) is 13.5. The Bertz CT molecular complexity index is 2650. The minimum atomic E-state index is -1.01. The molecule has 2 saturated heterocycles. The number of ether oxygens (including phenoxy) is 3. The molecule has 0 atom stereocenters. The Morgan fingerprint density at radius 1 is 0.532 bits per heavy atom. The van der Waals surface area contributed by atoms with Gasteiger partial charge in [0, 0.05) is 88.7 Å². The van der Waals surface area contributed by atoms with E-state index in [4.69, 9.17) is 14.2 Å². The summed E-state index contributed by atoms with van der Waals surface area (Å²) in [5.41, 5.74) is 8.02. The predicted molar refractivity (Wildman–Crippen MR) is 297 cm³/mol. The third-order valence-corrected chi connectivity index (χ3v) is 14.0. The maximum absolute atomic E-state index is 13.6. The van der Waals surface area contributed by atoms with Crippen LogP contribution in [0.25, 0.3) is 0 Å². The summed E-state index contributed by atoms with van der Waals surface area (Å²) in [7, 11) is 1.36. The van der Waals surface area contributed by atoms with Gasteiger partial charge in [-0.05, 0) is 84.3 Å². The first-order chi connectivity index (χ1) is 36.6. The number of nitrogens with zero attached hydrogens (tertiary/aromatic N) is 4. The fourth-order valence-electron chi connectivity index (χ4n) is 9.53. The topological polar surface area (TPSA) is 183 Å². The molecule has 0 aliphatic carbocycles. The van der Waals surface area contributed by atoms with Crippen molar-refractivity contribution in [2.24, 2.45) is 0 Å². The Balaban J connectivity index is 0.000000277. The van der Waals surface area contributed by atoms with Crippen molar-refractivity contribution in [3.05, 3.63) is 202 Å². The van der Waals surface area contributed by atoms with Crippen molar-refractivity contribution in [1.29, 1.82) is 0 Å². The van der Waals surface area contributed by atoms with E-state index in [1.807, 2.05) is 77.4 Å². The Morgan fingerprint density at radius 2 is 0.870 bits per heavy atom. The average molecular weight is 1060 g/mol. The number of aryl methyl sites for hydroxylation is 2. The van der Waals surface area contributed by atoms with Gasteiger partial charge in [-0.3, -0.25) is 9.80 Å². The van der Waals surface area contributed by atoms with E-state index >= 15 is 0 Å². The van der Waals surface area contributed by atoms with Gasteiger partial charge in [-0.15, -0.1) is 0 Å². The van der Waals surface area contributed by atoms with Gasteiger partial charge in [-0.25, -0.2) is 19.2 Å². The first kappa shape index (κ1) is 61.5. The second kappa shape index (κ2) is 32.4. The van der Waals surface area contributed by atoms with E-state index < -0.39 is 11.9 Å². The number of esters is 1. The number of methoxy groups -OCH3 is 1. The Morgan fingerprint density at radius 3 is 1.21 bits per heavy atom. The van der Waals surface area contributed by atoms with Gasteiger partial charge in [-0.1, -0.05) is 133 Å². The number of rotatable bonds is 20. The van der Waals surface area contributed by atoms with Crippen molar-refractivity contribution in [3.63, 3.8) is 0 Å². The van der Waals surface area contributed by atoms with Gasteiger partial charge in [0.2, 0.25) is 0 Å². The molecule has 77 heavy (non-hydrogen) atoms. The summed E-state index contributed by atoms with van der Waals surface area (Å²) in [6, 6.07) is 51.5. The molecule has 0 bridgehead atoms. The van der Waals surface area contributed by atoms with Gasteiger partial charge in [0.05, 0.1) is 44.7 Å². The summed E-state index contributed by atoms with van der Waals surface area (Å²) < 4.78 is 15.9. The van der Waals surface area contributed by atoms with Crippen LogP contribution in [0.4, 0.5) is 21.0 Å². The number of carboxylic acids is 1. The number of nitrogens with one attached hydrogen (secondary N) is 2. The fourth-order valence-corrected chi connectivity index (χ4v) is 9.53. The summed E-state index contributed by atoms with van der Waals surface area (Å²) in [6.07, 6.45) is 1.55. The van der Waals surface area contributed by atoms with E-state index in [9.17, 15) is 24.3 Å². The van der Waals surface area contributed by atoms with Crippen molar-refractivity contribution < 1.29 is 73.5 Å². The maximum atomic E-state index is 13.6. The van der Waals surface area contributed by atoms with Crippen LogP contribution in [-0.2, 0) is 14.2 Å². The Hall–Kier alpha value is -6.40. The number of carboxylic acid groups (broad SMARTS) is 1. The maximum Gasteiger partial charge on any atom is 1.00 e.